The number of ether oxygens (including phenoxy) is 2. The van der Waals surface area contributed by atoms with Crippen LogP contribution in [0.15, 0.2) is 28.7 Å². The predicted octanol–water partition coefficient (Wildman–Crippen LogP) is 4.44. The highest BCUT2D eigenvalue weighted by Crippen LogP contribution is 2.33. The van der Waals surface area contributed by atoms with Crippen molar-refractivity contribution in [3.63, 3.8) is 0 Å². The molecular formula is C16H18BrNO2S. The Labute approximate surface area is 137 Å². The Morgan fingerprint density at radius 3 is 2.71 bits per heavy atom. The predicted molar refractivity (Wildman–Crippen MR) is 89.4 cm³/mol. The second-order valence-electron chi connectivity index (χ2n) is 5.12. The van der Waals surface area contributed by atoms with Gasteiger partial charge in [0.1, 0.15) is 13.2 Å². The lowest BCUT2D eigenvalue weighted by atomic mass is 10.1. The van der Waals surface area contributed by atoms with Gasteiger partial charge in [0, 0.05) is 26.8 Å². The first-order valence-corrected chi connectivity index (χ1v) is 8.62. The number of fused-ring (bicyclic) bond motifs is 1. The van der Waals surface area contributed by atoms with Crippen molar-refractivity contribution in [2.75, 3.05) is 13.2 Å². The molecule has 1 aromatic carbocycles. The van der Waals surface area contributed by atoms with Gasteiger partial charge in [-0.1, -0.05) is 6.07 Å². The Morgan fingerprint density at radius 1 is 1.24 bits per heavy atom. The third-order valence-corrected chi connectivity index (χ3v) is 5.69. The summed E-state index contributed by atoms with van der Waals surface area (Å²) >= 11 is 5.38. The van der Waals surface area contributed by atoms with Crippen molar-refractivity contribution in [1.29, 1.82) is 0 Å². The average molecular weight is 368 g/mol. The molecule has 2 aromatic rings. The lowest BCUT2D eigenvalue weighted by Crippen LogP contribution is -2.19. The van der Waals surface area contributed by atoms with Crippen LogP contribution in [0.1, 0.15) is 28.3 Å². The molecule has 1 unspecified atom stereocenters. The molecule has 0 saturated carbocycles. The van der Waals surface area contributed by atoms with Gasteiger partial charge < -0.3 is 14.8 Å². The summed E-state index contributed by atoms with van der Waals surface area (Å²) < 4.78 is 12.4. The van der Waals surface area contributed by atoms with Crippen LogP contribution in [0.3, 0.4) is 0 Å². The van der Waals surface area contributed by atoms with Crippen LogP contribution in [0, 0.1) is 6.92 Å². The number of aryl methyl sites for hydroxylation is 1. The summed E-state index contributed by atoms with van der Waals surface area (Å²) in [5.74, 6) is 1.69. The van der Waals surface area contributed by atoms with E-state index >= 15 is 0 Å². The molecule has 3 rings (SSSR count). The fourth-order valence-corrected chi connectivity index (χ4v) is 3.86. The van der Waals surface area contributed by atoms with Crippen molar-refractivity contribution in [3.8, 4) is 11.5 Å². The zero-order valence-electron chi connectivity index (χ0n) is 12.1. The molecule has 0 radical (unpaired) electrons. The monoisotopic (exact) mass is 367 g/mol. The standard InChI is InChI=1S/C16H18BrNO2S/c1-10(18-9-13-8-14(17)11(2)21-13)12-3-4-15-16(7-12)20-6-5-19-15/h3-4,7-8,10,18H,5-6,9H2,1-2H3. The number of rotatable bonds is 4. The van der Waals surface area contributed by atoms with Gasteiger partial charge in [-0.25, -0.2) is 0 Å². The molecule has 0 aliphatic carbocycles. The van der Waals surface area contributed by atoms with Crippen LogP contribution in [-0.2, 0) is 6.54 Å². The molecule has 21 heavy (non-hydrogen) atoms. The first kappa shape index (κ1) is 14.9. The number of nitrogens with one attached hydrogen (secondary N) is 1. The van der Waals surface area contributed by atoms with Crippen molar-refractivity contribution in [2.45, 2.75) is 26.4 Å². The van der Waals surface area contributed by atoms with E-state index in [2.05, 4.69) is 53.3 Å². The van der Waals surface area contributed by atoms with Gasteiger partial charge in [0.2, 0.25) is 0 Å². The van der Waals surface area contributed by atoms with Gasteiger partial charge in [0.25, 0.3) is 0 Å². The van der Waals surface area contributed by atoms with E-state index in [0.717, 1.165) is 18.0 Å². The van der Waals surface area contributed by atoms with Crippen LogP contribution in [0.2, 0.25) is 0 Å². The van der Waals surface area contributed by atoms with Crippen LogP contribution >= 0.6 is 27.3 Å². The molecule has 3 nitrogen and oxygen atoms in total. The molecule has 1 aromatic heterocycles. The van der Waals surface area contributed by atoms with Crippen molar-refractivity contribution in [2.24, 2.45) is 0 Å². The number of hydrogen-bond donors (Lipinski definition) is 1. The minimum atomic E-state index is 0.266. The van der Waals surface area contributed by atoms with E-state index in [1.54, 1.807) is 0 Å². The van der Waals surface area contributed by atoms with E-state index in [4.69, 9.17) is 9.47 Å². The molecule has 1 aliphatic heterocycles. The second kappa shape index (κ2) is 6.38. The van der Waals surface area contributed by atoms with E-state index in [9.17, 15) is 0 Å². The van der Waals surface area contributed by atoms with E-state index < -0.39 is 0 Å². The number of thiophene rings is 1. The molecule has 0 amide bonds. The van der Waals surface area contributed by atoms with Gasteiger partial charge in [-0.05, 0) is 53.5 Å². The molecule has 112 valence electrons. The van der Waals surface area contributed by atoms with Gasteiger partial charge in [-0.2, -0.15) is 0 Å². The highest BCUT2D eigenvalue weighted by Gasteiger charge is 2.14. The van der Waals surface area contributed by atoms with E-state index in [0.29, 0.717) is 13.2 Å². The second-order valence-corrected chi connectivity index (χ2v) is 7.32. The van der Waals surface area contributed by atoms with Crippen LogP contribution in [0.4, 0.5) is 0 Å². The third-order valence-electron chi connectivity index (χ3n) is 3.56. The zero-order chi connectivity index (χ0) is 14.8. The Bertz CT molecular complexity index is 622. The van der Waals surface area contributed by atoms with Gasteiger partial charge in [-0.15, -0.1) is 11.3 Å². The van der Waals surface area contributed by atoms with Crippen molar-refractivity contribution in [1.82, 2.24) is 5.32 Å². The molecular weight excluding hydrogens is 350 g/mol. The summed E-state index contributed by atoms with van der Waals surface area (Å²) in [5.41, 5.74) is 1.21. The summed E-state index contributed by atoms with van der Waals surface area (Å²) in [4.78, 5) is 2.66. The van der Waals surface area contributed by atoms with Crippen molar-refractivity contribution in [3.05, 3.63) is 44.1 Å². The Morgan fingerprint density at radius 2 is 2.00 bits per heavy atom. The van der Waals surface area contributed by atoms with Gasteiger partial charge in [0.15, 0.2) is 11.5 Å². The maximum atomic E-state index is 5.64. The first-order valence-electron chi connectivity index (χ1n) is 7.01. The lowest BCUT2D eigenvalue weighted by molar-refractivity contribution is 0.171. The normalized spacial score (nSPS) is 15.0. The maximum Gasteiger partial charge on any atom is 0.161 e. The zero-order valence-corrected chi connectivity index (χ0v) is 14.5. The van der Waals surface area contributed by atoms with Gasteiger partial charge in [-0.3, -0.25) is 0 Å². The Hall–Kier alpha value is -1.04. The smallest absolute Gasteiger partial charge is 0.161 e. The highest BCUT2D eigenvalue weighted by molar-refractivity contribution is 9.10. The molecule has 0 bridgehead atoms. The molecule has 2 heterocycles. The summed E-state index contributed by atoms with van der Waals surface area (Å²) in [6.45, 7) is 6.42. The summed E-state index contributed by atoms with van der Waals surface area (Å²) in [5, 5.41) is 3.56. The first-order chi connectivity index (χ1) is 10.1. The molecule has 1 aliphatic rings. The fourth-order valence-electron chi connectivity index (χ4n) is 2.31. The minimum Gasteiger partial charge on any atom is -0.486 e. The van der Waals surface area contributed by atoms with Crippen LogP contribution in [0.25, 0.3) is 0 Å². The average Bonchev–Trinajstić information content (AvgIpc) is 2.83. The summed E-state index contributed by atoms with van der Waals surface area (Å²) in [6, 6.07) is 8.61. The van der Waals surface area contributed by atoms with Crippen molar-refractivity contribution >= 4 is 27.3 Å². The van der Waals surface area contributed by atoms with Crippen LogP contribution < -0.4 is 14.8 Å². The van der Waals surface area contributed by atoms with E-state index in [1.807, 2.05) is 17.4 Å². The van der Waals surface area contributed by atoms with E-state index in [-0.39, 0.29) is 6.04 Å². The molecule has 0 saturated heterocycles. The minimum absolute atomic E-state index is 0.266. The quantitative estimate of drug-likeness (QED) is 0.866. The van der Waals surface area contributed by atoms with E-state index in [1.165, 1.54) is 19.8 Å². The Balaban J connectivity index is 1.66. The largest absolute Gasteiger partial charge is 0.486 e. The highest BCUT2D eigenvalue weighted by atomic mass is 79.9. The SMILES string of the molecule is Cc1sc(CNC(C)c2ccc3c(c2)OCCO3)cc1Br. The molecule has 0 fully saturated rings. The number of hydrogen-bond acceptors (Lipinski definition) is 4. The van der Waals surface area contributed by atoms with Gasteiger partial charge >= 0.3 is 0 Å². The van der Waals surface area contributed by atoms with Crippen molar-refractivity contribution < 1.29 is 9.47 Å². The molecule has 1 atom stereocenters. The summed E-state index contributed by atoms with van der Waals surface area (Å²) in [7, 11) is 0. The fraction of sp³-hybridized carbons (Fsp3) is 0.375. The number of benzene rings is 1. The Kier molecular flexibility index (Phi) is 4.52. The van der Waals surface area contributed by atoms with Gasteiger partial charge in [0.05, 0.1) is 0 Å². The number of halogens is 1. The van der Waals surface area contributed by atoms with Crippen LogP contribution in [0.5, 0.6) is 11.5 Å². The third kappa shape index (κ3) is 3.42. The summed E-state index contributed by atoms with van der Waals surface area (Å²) in [6.07, 6.45) is 0. The van der Waals surface area contributed by atoms with Crippen LogP contribution in [-0.4, -0.2) is 13.2 Å². The topological polar surface area (TPSA) is 30.5 Å². The lowest BCUT2D eigenvalue weighted by Gasteiger charge is -2.21. The molecule has 5 heteroatoms. The maximum absolute atomic E-state index is 5.64. The molecule has 0 spiro atoms. The molecule has 1 N–H and O–H groups in total.